The van der Waals surface area contributed by atoms with Gasteiger partial charge in [-0.15, -0.1) is 0 Å². The molecule has 1 saturated carbocycles. The average Bonchev–Trinajstić information content (AvgIpc) is 2.35. The van der Waals surface area contributed by atoms with Crippen molar-refractivity contribution in [3.05, 3.63) is 0 Å². The van der Waals surface area contributed by atoms with Gasteiger partial charge >= 0.3 is 0 Å². The number of hydrogen-bond acceptors (Lipinski definition) is 3. The van der Waals surface area contributed by atoms with Gasteiger partial charge in [-0.1, -0.05) is 0 Å². The van der Waals surface area contributed by atoms with Gasteiger partial charge in [0.2, 0.25) is 0 Å². The van der Waals surface area contributed by atoms with Crippen LogP contribution in [0, 0.1) is 0 Å². The molecular formula is C9H17NO2. The van der Waals surface area contributed by atoms with Crippen molar-refractivity contribution in [2.45, 2.75) is 37.5 Å². The van der Waals surface area contributed by atoms with E-state index in [1.165, 1.54) is 6.42 Å². The Labute approximate surface area is 73.3 Å². The van der Waals surface area contributed by atoms with Gasteiger partial charge in [-0.2, -0.15) is 0 Å². The molecule has 2 aliphatic rings. The number of methoxy groups -OCH3 is 1. The topological polar surface area (TPSA) is 32.7 Å². The van der Waals surface area contributed by atoms with Gasteiger partial charge in [-0.05, 0) is 19.3 Å². The molecule has 2 fully saturated rings. The molecule has 0 unspecified atom stereocenters. The van der Waals surface area contributed by atoms with Gasteiger partial charge in [0.15, 0.2) is 0 Å². The van der Waals surface area contributed by atoms with Crippen LogP contribution in [0.4, 0.5) is 0 Å². The Kier molecular flexibility index (Phi) is 2.35. The van der Waals surface area contributed by atoms with Gasteiger partial charge in [-0.3, -0.25) is 4.90 Å². The third kappa shape index (κ3) is 1.37. The van der Waals surface area contributed by atoms with E-state index in [4.69, 9.17) is 4.74 Å². The Hall–Kier alpha value is -0.120. The van der Waals surface area contributed by atoms with Crippen molar-refractivity contribution < 1.29 is 9.84 Å². The molecule has 12 heavy (non-hydrogen) atoms. The molecule has 0 bridgehead atoms. The number of rotatable bonds is 2. The lowest BCUT2D eigenvalue weighted by atomic mass is 10.1. The van der Waals surface area contributed by atoms with Crippen LogP contribution in [0.15, 0.2) is 0 Å². The van der Waals surface area contributed by atoms with E-state index >= 15 is 0 Å². The second-order valence-corrected chi connectivity index (χ2v) is 3.88. The van der Waals surface area contributed by atoms with Crippen LogP contribution in [0.5, 0.6) is 0 Å². The summed E-state index contributed by atoms with van der Waals surface area (Å²) in [5.74, 6) is 0. The Morgan fingerprint density at radius 2 is 2.08 bits per heavy atom. The second kappa shape index (κ2) is 3.32. The number of ether oxygens (including phenoxy) is 1. The van der Waals surface area contributed by atoms with Gasteiger partial charge < -0.3 is 9.84 Å². The van der Waals surface area contributed by atoms with E-state index < -0.39 is 0 Å². The van der Waals surface area contributed by atoms with E-state index in [0.717, 1.165) is 25.9 Å². The van der Waals surface area contributed by atoms with Crippen LogP contribution < -0.4 is 0 Å². The number of nitrogens with zero attached hydrogens (tertiary/aromatic N) is 1. The molecule has 70 valence electrons. The highest BCUT2D eigenvalue weighted by Gasteiger charge is 2.37. The summed E-state index contributed by atoms with van der Waals surface area (Å²) < 4.78 is 5.19. The van der Waals surface area contributed by atoms with E-state index in [-0.39, 0.29) is 6.10 Å². The highest BCUT2D eigenvalue weighted by atomic mass is 16.5. The minimum absolute atomic E-state index is 0.0807. The first kappa shape index (κ1) is 8.48. The SMILES string of the molecule is COC1CN([C@@H]2CCC[C@H]2O)C1. The largest absolute Gasteiger partial charge is 0.391 e. The van der Waals surface area contributed by atoms with Gasteiger partial charge in [0.25, 0.3) is 0 Å². The third-order valence-electron chi connectivity index (χ3n) is 3.12. The first-order chi connectivity index (χ1) is 5.81. The van der Waals surface area contributed by atoms with Crippen LogP contribution in [0.3, 0.4) is 0 Å². The van der Waals surface area contributed by atoms with Crippen molar-refractivity contribution in [3.63, 3.8) is 0 Å². The van der Waals surface area contributed by atoms with Gasteiger partial charge in [0.1, 0.15) is 0 Å². The molecule has 1 N–H and O–H groups in total. The van der Waals surface area contributed by atoms with E-state index in [9.17, 15) is 5.11 Å². The highest BCUT2D eigenvalue weighted by Crippen LogP contribution is 2.28. The van der Waals surface area contributed by atoms with Crippen molar-refractivity contribution in [1.82, 2.24) is 4.90 Å². The molecule has 1 aliphatic heterocycles. The Balaban J connectivity index is 1.79. The standard InChI is InChI=1S/C9H17NO2/c1-12-7-5-10(6-7)8-3-2-4-9(8)11/h7-9,11H,2-6H2,1H3/t8-,9-/m1/s1. The second-order valence-electron chi connectivity index (χ2n) is 3.88. The molecule has 0 spiro atoms. The number of aliphatic hydroxyl groups excluding tert-OH is 1. The first-order valence-electron chi connectivity index (χ1n) is 4.76. The summed E-state index contributed by atoms with van der Waals surface area (Å²) >= 11 is 0. The maximum absolute atomic E-state index is 9.60. The predicted octanol–water partition coefficient (Wildman–Crippen LogP) is 0.230. The normalized spacial score (nSPS) is 38.5. The fourth-order valence-corrected chi connectivity index (χ4v) is 2.24. The maximum Gasteiger partial charge on any atom is 0.0825 e. The molecule has 0 radical (unpaired) electrons. The quantitative estimate of drug-likeness (QED) is 0.645. The third-order valence-corrected chi connectivity index (χ3v) is 3.12. The molecule has 1 aliphatic carbocycles. The fourth-order valence-electron chi connectivity index (χ4n) is 2.24. The molecule has 1 heterocycles. The highest BCUT2D eigenvalue weighted by molar-refractivity contribution is 4.92. The molecule has 0 amide bonds. The minimum Gasteiger partial charge on any atom is -0.391 e. The molecule has 2 atom stereocenters. The van der Waals surface area contributed by atoms with E-state index in [1.54, 1.807) is 7.11 Å². The zero-order chi connectivity index (χ0) is 8.55. The van der Waals surface area contributed by atoms with Gasteiger partial charge in [0, 0.05) is 26.2 Å². The lowest BCUT2D eigenvalue weighted by Crippen LogP contribution is -2.57. The number of aliphatic hydroxyl groups is 1. The predicted molar refractivity (Wildman–Crippen MR) is 46.0 cm³/mol. The zero-order valence-corrected chi connectivity index (χ0v) is 7.57. The molecule has 1 saturated heterocycles. The summed E-state index contributed by atoms with van der Waals surface area (Å²) in [6.45, 7) is 2.02. The Morgan fingerprint density at radius 1 is 1.33 bits per heavy atom. The van der Waals surface area contributed by atoms with Crippen molar-refractivity contribution in [1.29, 1.82) is 0 Å². The Morgan fingerprint density at radius 3 is 2.58 bits per heavy atom. The molecular weight excluding hydrogens is 154 g/mol. The van der Waals surface area contributed by atoms with Crippen LogP contribution in [0.2, 0.25) is 0 Å². The number of hydrogen-bond donors (Lipinski definition) is 1. The lowest BCUT2D eigenvalue weighted by Gasteiger charge is -2.43. The van der Waals surface area contributed by atoms with Crippen LogP contribution in [0.1, 0.15) is 19.3 Å². The molecule has 3 nitrogen and oxygen atoms in total. The van der Waals surface area contributed by atoms with Gasteiger partial charge in [0.05, 0.1) is 12.2 Å². The molecule has 0 aromatic heterocycles. The van der Waals surface area contributed by atoms with E-state index in [1.807, 2.05) is 0 Å². The van der Waals surface area contributed by atoms with Crippen LogP contribution in [-0.2, 0) is 4.74 Å². The fraction of sp³-hybridized carbons (Fsp3) is 1.00. The smallest absolute Gasteiger partial charge is 0.0825 e. The van der Waals surface area contributed by atoms with Crippen molar-refractivity contribution >= 4 is 0 Å². The maximum atomic E-state index is 9.60. The summed E-state index contributed by atoms with van der Waals surface area (Å²) in [6, 6.07) is 0.427. The van der Waals surface area contributed by atoms with Crippen molar-refractivity contribution in [2.24, 2.45) is 0 Å². The van der Waals surface area contributed by atoms with Crippen LogP contribution >= 0.6 is 0 Å². The molecule has 0 aromatic carbocycles. The summed E-state index contributed by atoms with van der Waals surface area (Å²) in [6.07, 6.45) is 3.66. The molecule has 0 aromatic rings. The van der Waals surface area contributed by atoms with E-state index in [2.05, 4.69) is 4.90 Å². The summed E-state index contributed by atoms with van der Waals surface area (Å²) in [5, 5.41) is 9.60. The Bertz CT molecular complexity index is 157. The minimum atomic E-state index is -0.0807. The first-order valence-corrected chi connectivity index (χ1v) is 4.76. The average molecular weight is 171 g/mol. The number of likely N-dealkylation sites (tertiary alicyclic amines) is 1. The molecule has 3 heteroatoms. The summed E-state index contributed by atoms with van der Waals surface area (Å²) in [4.78, 5) is 2.34. The van der Waals surface area contributed by atoms with Gasteiger partial charge in [-0.25, -0.2) is 0 Å². The monoisotopic (exact) mass is 171 g/mol. The summed E-state index contributed by atoms with van der Waals surface area (Å²) in [5.41, 5.74) is 0. The zero-order valence-electron chi connectivity index (χ0n) is 7.57. The molecule has 2 rings (SSSR count). The van der Waals surface area contributed by atoms with Crippen molar-refractivity contribution in [2.75, 3.05) is 20.2 Å². The lowest BCUT2D eigenvalue weighted by molar-refractivity contribution is -0.0700. The van der Waals surface area contributed by atoms with E-state index in [0.29, 0.717) is 12.1 Å². The summed E-state index contributed by atoms with van der Waals surface area (Å²) in [7, 11) is 1.76. The van der Waals surface area contributed by atoms with Crippen molar-refractivity contribution in [3.8, 4) is 0 Å². The van der Waals surface area contributed by atoms with Crippen LogP contribution in [0.25, 0.3) is 0 Å². The van der Waals surface area contributed by atoms with Crippen LogP contribution in [-0.4, -0.2) is 48.5 Å².